The van der Waals surface area contributed by atoms with Gasteiger partial charge >= 0.3 is 5.97 Å². The molecular formula is C16H30N2O3. The van der Waals surface area contributed by atoms with Gasteiger partial charge in [-0.15, -0.1) is 0 Å². The summed E-state index contributed by atoms with van der Waals surface area (Å²) in [6.45, 7) is 6.30. The van der Waals surface area contributed by atoms with Crippen molar-refractivity contribution in [2.45, 2.75) is 63.5 Å². The van der Waals surface area contributed by atoms with Gasteiger partial charge in [-0.1, -0.05) is 6.92 Å². The number of aliphatic hydroxyl groups is 1. The number of rotatable bonds is 6. The predicted octanol–water partition coefficient (Wildman–Crippen LogP) is 1.46. The van der Waals surface area contributed by atoms with Crippen molar-refractivity contribution in [1.82, 2.24) is 10.2 Å². The fourth-order valence-electron chi connectivity index (χ4n) is 3.59. The van der Waals surface area contributed by atoms with Crippen LogP contribution >= 0.6 is 0 Å². The summed E-state index contributed by atoms with van der Waals surface area (Å²) >= 11 is 0. The second-order valence-corrected chi connectivity index (χ2v) is 6.83. The highest BCUT2D eigenvalue weighted by Crippen LogP contribution is 2.32. The molecule has 0 aromatic heterocycles. The smallest absolute Gasteiger partial charge is 0.306 e. The van der Waals surface area contributed by atoms with E-state index in [4.69, 9.17) is 5.11 Å². The number of hydrogen-bond acceptors (Lipinski definition) is 4. The van der Waals surface area contributed by atoms with Crippen molar-refractivity contribution in [3.8, 4) is 0 Å². The zero-order chi connectivity index (χ0) is 15.3. The van der Waals surface area contributed by atoms with Gasteiger partial charge in [0.25, 0.3) is 0 Å². The van der Waals surface area contributed by atoms with E-state index in [0.717, 1.165) is 25.9 Å². The van der Waals surface area contributed by atoms with Gasteiger partial charge in [-0.2, -0.15) is 0 Å². The van der Waals surface area contributed by atoms with Crippen LogP contribution in [0, 0.1) is 5.92 Å². The maximum absolute atomic E-state index is 11.0. The molecule has 3 N–H and O–H groups in total. The van der Waals surface area contributed by atoms with E-state index in [1.165, 1.54) is 13.0 Å². The molecule has 1 aliphatic heterocycles. The Morgan fingerprint density at radius 2 is 1.86 bits per heavy atom. The summed E-state index contributed by atoms with van der Waals surface area (Å²) in [4.78, 5) is 13.5. The van der Waals surface area contributed by atoms with Gasteiger partial charge in [-0.3, -0.25) is 4.79 Å². The summed E-state index contributed by atoms with van der Waals surface area (Å²) in [5.74, 6) is -0.976. The van der Waals surface area contributed by atoms with Crippen LogP contribution in [0.1, 0.15) is 51.9 Å². The van der Waals surface area contributed by atoms with Crippen LogP contribution in [-0.4, -0.2) is 58.9 Å². The maximum atomic E-state index is 11.0. The van der Waals surface area contributed by atoms with E-state index in [1.54, 1.807) is 0 Å². The van der Waals surface area contributed by atoms with Gasteiger partial charge in [0.15, 0.2) is 0 Å². The van der Waals surface area contributed by atoms with Crippen LogP contribution in [0.5, 0.6) is 0 Å². The Labute approximate surface area is 127 Å². The highest BCUT2D eigenvalue weighted by atomic mass is 16.4. The summed E-state index contributed by atoms with van der Waals surface area (Å²) in [5, 5.41) is 23.1. The summed E-state index contributed by atoms with van der Waals surface area (Å²) in [6, 6.07) is 0.499. The minimum Gasteiger partial charge on any atom is -0.481 e. The van der Waals surface area contributed by atoms with Gasteiger partial charge in [0.05, 0.1) is 11.5 Å². The molecule has 0 atom stereocenters. The lowest BCUT2D eigenvalue weighted by molar-refractivity contribution is -0.144. The molecule has 2 fully saturated rings. The van der Waals surface area contributed by atoms with Crippen LogP contribution in [0.15, 0.2) is 0 Å². The molecule has 5 nitrogen and oxygen atoms in total. The number of hydrogen-bond donors (Lipinski definition) is 3. The molecule has 122 valence electrons. The lowest BCUT2D eigenvalue weighted by atomic mass is 9.78. The van der Waals surface area contributed by atoms with Gasteiger partial charge in [0.1, 0.15) is 0 Å². The van der Waals surface area contributed by atoms with E-state index in [-0.39, 0.29) is 5.92 Å². The van der Waals surface area contributed by atoms with Crippen LogP contribution in [0.4, 0.5) is 0 Å². The summed E-state index contributed by atoms with van der Waals surface area (Å²) in [7, 11) is 0. The largest absolute Gasteiger partial charge is 0.481 e. The first-order chi connectivity index (χ1) is 10.0. The van der Waals surface area contributed by atoms with Crippen molar-refractivity contribution >= 4 is 5.97 Å². The Bertz CT molecular complexity index is 332. The van der Waals surface area contributed by atoms with Crippen LogP contribution < -0.4 is 5.32 Å². The van der Waals surface area contributed by atoms with E-state index in [9.17, 15) is 9.90 Å². The fourth-order valence-corrected chi connectivity index (χ4v) is 3.59. The number of piperidine rings is 1. The van der Waals surface area contributed by atoms with Crippen molar-refractivity contribution in [2.75, 3.05) is 26.2 Å². The quantitative estimate of drug-likeness (QED) is 0.692. The van der Waals surface area contributed by atoms with Crippen molar-refractivity contribution in [2.24, 2.45) is 5.92 Å². The molecular weight excluding hydrogens is 268 g/mol. The lowest BCUT2D eigenvalue weighted by Gasteiger charge is -2.38. The minimum absolute atomic E-state index is 0.262. The molecule has 1 saturated carbocycles. The third-order valence-electron chi connectivity index (χ3n) is 5.11. The molecule has 1 saturated heterocycles. The number of carboxylic acids is 1. The number of carboxylic acid groups (broad SMARTS) is 1. The predicted molar refractivity (Wildman–Crippen MR) is 82.3 cm³/mol. The van der Waals surface area contributed by atoms with Gasteiger partial charge in [0, 0.05) is 12.6 Å². The highest BCUT2D eigenvalue weighted by Gasteiger charge is 2.36. The first kappa shape index (κ1) is 16.7. The Kier molecular flexibility index (Phi) is 6.02. The Hall–Kier alpha value is -0.650. The van der Waals surface area contributed by atoms with E-state index < -0.39 is 11.6 Å². The molecule has 0 unspecified atom stereocenters. The first-order valence-corrected chi connectivity index (χ1v) is 8.43. The topological polar surface area (TPSA) is 72.8 Å². The van der Waals surface area contributed by atoms with E-state index in [0.29, 0.717) is 38.3 Å². The molecule has 21 heavy (non-hydrogen) atoms. The van der Waals surface area contributed by atoms with Crippen LogP contribution in [0.25, 0.3) is 0 Å². The van der Waals surface area contributed by atoms with Gasteiger partial charge in [-0.05, 0) is 64.6 Å². The van der Waals surface area contributed by atoms with Gasteiger partial charge in [0.2, 0.25) is 0 Å². The summed E-state index contributed by atoms with van der Waals surface area (Å²) in [6.07, 6.45) is 5.91. The van der Waals surface area contributed by atoms with E-state index in [2.05, 4.69) is 17.1 Å². The molecule has 0 bridgehead atoms. The molecule has 0 aromatic carbocycles. The lowest BCUT2D eigenvalue weighted by Crippen LogP contribution is -2.50. The standard InChI is InChI=1S/C16H30N2O3/c1-2-9-18-10-5-14(6-11-18)17-12-16(21)7-3-13(4-8-16)15(19)20/h13-14,17,21H,2-12H2,1H3,(H,19,20). The van der Waals surface area contributed by atoms with Crippen molar-refractivity contribution in [1.29, 1.82) is 0 Å². The average molecular weight is 298 g/mol. The molecule has 1 aliphatic carbocycles. The number of nitrogens with zero attached hydrogens (tertiary/aromatic N) is 1. The SMILES string of the molecule is CCCN1CCC(NCC2(O)CCC(C(=O)O)CC2)CC1. The Balaban J connectivity index is 1.68. The molecule has 0 aromatic rings. The summed E-state index contributed by atoms with van der Waals surface area (Å²) < 4.78 is 0. The zero-order valence-electron chi connectivity index (χ0n) is 13.2. The van der Waals surface area contributed by atoms with Gasteiger partial charge < -0.3 is 20.4 Å². The highest BCUT2D eigenvalue weighted by molar-refractivity contribution is 5.70. The van der Waals surface area contributed by atoms with Crippen LogP contribution in [0.3, 0.4) is 0 Å². The van der Waals surface area contributed by atoms with Crippen molar-refractivity contribution in [3.63, 3.8) is 0 Å². The fraction of sp³-hybridized carbons (Fsp3) is 0.938. The van der Waals surface area contributed by atoms with Crippen LogP contribution in [0.2, 0.25) is 0 Å². The molecule has 2 rings (SSSR count). The maximum Gasteiger partial charge on any atom is 0.306 e. The third kappa shape index (κ3) is 4.94. The van der Waals surface area contributed by atoms with Crippen LogP contribution in [-0.2, 0) is 4.79 Å². The number of likely N-dealkylation sites (tertiary alicyclic amines) is 1. The van der Waals surface area contributed by atoms with E-state index in [1.807, 2.05) is 0 Å². The van der Waals surface area contributed by atoms with Gasteiger partial charge in [-0.25, -0.2) is 0 Å². The molecule has 1 heterocycles. The Morgan fingerprint density at radius 3 is 2.38 bits per heavy atom. The molecule has 5 heteroatoms. The van der Waals surface area contributed by atoms with Crippen molar-refractivity contribution in [3.05, 3.63) is 0 Å². The number of carbonyl (C=O) groups is 1. The second kappa shape index (κ2) is 7.56. The zero-order valence-corrected chi connectivity index (χ0v) is 13.2. The van der Waals surface area contributed by atoms with E-state index >= 15 is 0 Å². The molecule has 0 amide bonds. The first-order valence-electron chi connectivity index (χ1n) is 8.43. The molecule has 2 aliphatic rings. The third-order valence-corrected chi connectivity index (χ3v) is 5.11. The normalized spacial score (nSPS) is 32.2. The minimum atomic E-state index is -0.715. The monoisotopic (exact) mass is 298 g/mol. The summed E-state index contributed by atoms with van der Waals surface area (Å²) in [5.41, 5.74) is -0.702. The van der Waals surface area contributed by atoms with Crippen molar-refractivity contribution < 1.29 is 15.0 Å². The Morgan fingerprint density at radius 1 is 1.24 bits per heavy atom. The number of nitrogens with one attached hydrogen (secondary N) is 1. The molecule has 0 spiro atoms. The molecule has 0 radical (unpaired) electrons. The average Bonchev–Trinajstić information content (AvgIpc) is 2.47. The number of aliphatic carboxylic acids is 1. The second-order valence-electron chi connectivity index (χ2n) is 6.83.